The molecule has 1 amide bonds. The van der Waals surface area contributed by atoms with E-state index in [1.807, 2.05) is 0 Å². The highest BCUT2D eigenvalue weighted by molar-refractivity contribution is 7.88. The Labute approximate surface area is 128 Å². The van der Waals surface area contributed by atoms with Crippen LogP contribution in [0.25, 0.3) is 0 Å². The van der Waals surface area contributed by atoms with Crippen molar-refractivity contribution in [1.82, 2.24) is 4.31 Å². The smallest absolute Gasteiger partial charge is 0.239 e. The quantitative estimate of drug-likeness (QED) is 0.843. The molecule has 7 nitrogen and oxygen atoms in total. The molecule has 0 aliphatic heterocycles. The lowest BCUT2D eigenvalue weighted by molar-refractivity contribution is -0.116. The number of likely N-dealkylation sites (N-methyl/N-ethyl adjacent to an activating group) is 1. The van der Waals surface area contributed by atoms with Crippen LogP contribution in [-0.2, 0) is 14.8 Å². The average molecular weight is 337 g/mol. The lowest BCUT2D eigenvalue weighted by Gasteiger charge is -2.16. The lowest BCUT2D eigenvalue weighted by atomic mass is 10.2. The van der Waals surface area contributed by atoms with Gasteiger partial charge < -0.3 is 14.8 Å². The van der Waals surface area contributed by atoms with Crippen LogP contribution < -0.4 is 14.8 Å². The van der Waals surface area contributed by atoms with Crippen molar-refractivity contribution < 1.29 is 22.7 Å². The molecule has 21 heavy (non-hydrogen) atoms. The summed E-state index contributed by atoms with van der Waals surface area (Å²) >= 11 is 5.96. The number of ether oxygens (including phenoxy) is 2. The molecule has 0 radical (unpaired) electrons. The molecule has 0 spiro atoms. The van der Waals surface area contributed by atoms with E-state index in [4.69, 9.17) is 21.1 Å². The van der Waals surface area contributed by atoms with Gasteiger partial charge in [-0.05, 0) is 0 Å². The summed E-state index contributed by atoms with van der Waals surface area (Å²) in [4.78, 5) is 11.9. The van der Waals surface area contributed by atoms with Gasteiger partial charge >= 0.3 is 0 Å². The summed E-state index contributed by atoms with van der Waals surface area (Å²) in [5.74, 6) is 0.200. The second-order valence-electron chi connectivity index (χ2n) is 4.25. The Morgan fingerprint density at radius 3 is 2.33 bits per heavy atom. The highest BCUT2D eigenvalue weighted by Gasteiger charge is 2.17. The minimum atomic E-state index is -3.43. The standard InChI is InChI=1S/C12H17ClN2O5S/c1-15(21(4,17)18)7-12(16)14-9-6-10(19-2)8(13)5-11(9)20-3/h5-6H,7H2,1-4H3,(H,14,16). The van der Waals surface area contributed by atoms with Gasteiger partial charge in [0.25, 0.3) is 0 Å². The van der Waals surface area contributed by atoms with Crippen molar-refractivity contribution in [2.75, 3.05) is 39.4 Å². The summed E-state index contributed by atoms with van der Waals surface area (Å²) in [5, 5.41) is 2.89. The fourth-order valence-corrected chi connectivity index (χ4v) is 2.05. The molecule has 0 aliphatic carbocycles. The van der Waals surface area contributed by atoms with Crippen LogP contribution in [-0.4, -0.2) is 52.7 Å². The van der Waals surface area contributed by atoms with Crippen LogP contribution >= 0.6 is 11.6 Å². The van der Waals surface area contributed by atoms with Crippen LogP contribution in [0.2, 0.25) is 5.02 Å². The molecular formula is C12H17ClN2O5S. The molecule has 0 bridgehead atoms. The number of sulfonamides is 1. The Hall–Kier alpha value is -1.51. The highest BCUT2D eigenvalue weighted by Crippen LogP contribution is 2.35. The van der Waals surface area contributed by atoms with Crippen molar-refractivity contribution in [2.24, 2.45) is 0 Å². The first-order valence-electron chi connectivity index (χ1n) is 5.81. The highest BCUT2D eigenvalue weighted by atomic mass is 35.5. The third-order valence-corrected chi connectivity index (χ3v) is 4.24. The van der Waals surface area contributed by atoms with E-state index in [2.05, 4.69) is 5.32 Å². The van der Waals surface area contributed by atoms with E-state index in [-0.39, 0.29) is 6.54 Å². The van der Waals surface area contributed by atoms with E-state index in [0.717, 1.165) is 10.6 Å². The van der Waals surface area contributed by atoms with E-state index in [0.29, 0.717) is 22.2 Å². The summed E-state index contributed by atoms with van der Waals surface area (Å²) < 4.78 is 33.6. The molecule has 0 unspecified atom stereocenters. The summed E-state index contributed by atoms with van der Waals surface area (Å²) in [7, 11) is 0.752. The molecule has 1 rings (SSSR count). The molecule has 0 fully saturated rings. The topological polar surface area (TPSA) is 84.9 Å². The van der Waals surface area contributed by atoms with Crippen molar-refractivity contribution >= 4 is 33.2 Å². The number of nitrogens with zero attached hydrogens (tertiary/aromatic N) is 1. The van der Waals surface area contributed by atoms with Gasteiger partial charge in [0.05, 0.1) is 37.7 Å². The summed E-state index contributed by atoms with van der Waals surface area (Å²) in [6.45, 7) is -0.313. The zero-order valence-corrected chi connectivity index (χ0v) is 13.7. The van der Waals surface area contributed by atoms with Gasteiger partial charge in [-0.15, -0.1) is 0 Å². The van der Waals surface area contributed by atoms with Crippen molar-refractivity contribution in [2.45, 2.75) is 0 Å². The maximum Gasteiger partial charge on any atom is 0.239 e. The molecule has 118 valence electrons. The number of anilines is 1. The van der Waals surface area contributed by atoms with Gasteiger partial charge in [0, 0.05) is 19.2 Å². The van der Waals surface area contributed by atoms with Gasteiger partial charge in [-0.1, -0.05) is 11.6 Å². The Morgan fingerprint density at radius 2 is 1.86 bits per heavy atom. The van der Waals surface area contributed by atoms with E-state index < -0.39 is 15.9 Å². The minimum Gasteiger partial charge on any atom is -0.495 e. The maximum absolute atomic E-state index is 11.9. The largest absolute Gasteiger partial charge is 0.495 e. The maximum atomic E-state index is 11.9. The first kappa shape index (κ1) is 17.5. The van der Waals surface area contributed by atoms with Crippen LogP contribution in [0, 0.1) is 0 Å². The molecule has 1 aromatic carbocycles. The second kappa shape index (κ2) is 6.97. The Kier molecular flexibility index (Phi) is 5.82. The van der Waals surface area contributed by atoms with E-state index in [1.54, 1.807) is 0 Å². The van der Waals surface area contributed by atoms with Crippen LogP contribution in [0.5, 0.6) is 11.5 Å². The number of rotatable bonds is 6. The molecule has 0 saturated carbocycles. The van der Waals surface area contributed by atoms with Crippen LogP contribution in [0.4, 0.5) is 5.69 Å². The number of benzene rings is 1. The Morgan fingerprint density at radius 1 is 1.29 bits per heavy atom. The van der Waals surface area contributed by atoms with Crippen LogP contribution in [0.3, 0.4) is 0 Å². The van der Waals surface area contributed by atoms with Gasteiger partial charge in [-0.3, -0.25) is 4.79 Å². The number of methoxy groups -OCH3 is 2. The average Bonchev–Trinajstić information content (AvgIpc) is 2.38. The van der Waals surface area contributed by atoms with Crippen molar-refractivity contribution in [3.8, 4) is 11.5 Å². The molecule has 0 aliphatic rings. The zero-order valence-electron chi connectivity index (χ0n) is 12.1. The fourth-order valence-electron chi connectivity index (χ4n) is 1.47. The first-order chi connectivity index (χ1) is 9.68. The summed E-state index contributed by atoms with van der Waals surface area (Å²) in [5.41, 5.74) is 0.339. The molecule has 0 saturated heterocycles. The number of carbonyl (C=O) groups excluding carboxylic acids is 1. The van der Waals surface area contributed by atoms with Crippen molar-refractivity contribution in [3.63, 3.8) is 0 Å². The van der Waals surface area contributed by atoms with Gasteiger partial charge in [0.1, 0.15) is 11.5 Å². The van der Waals surface area contributed by atoms with Gasteiger partial charge in [0.15, 0.2) is 0 Å². The van der Waals surface area contributed by atoms with Crippen LogP contribution in [0.15, 0.2) is 12.1 Å². The Bertz CT molecular complexity index is 633. The second-order valence-corrected chi connectivity index (χ2v) is 6.75. The van der Waals surface area contributed by atoms with E-state index >= 15 is 0 Å². The zero-order chi connectivity index (χ0) is 16.2. The van der Waals surface area contributed by atoms with Crippen molar-refractivity contribution in [3.05, 3.63) is 17.2 Å². The van der Waals surface area contributed by atoms with E-state index in [1.165, 1.54) is 33.4 Å². The molecular weight excluding hydrogens is 320 g/mol. The monoisotopic (exact) mass is 336 g/mol. The third-order valence-electron chi connectivity index (χ3n) is 2.68. The fraction of sp³-hybridized carbons (Fsp3) is 0.417. The van der Waals surface area contributed by atoms with Gasteiger partial charge in [-0.2, -0.15) is 4.31 Å². The predicted molar refractivity (Wildman–Crippen MR) is 80.7 cm³/mol. The minimum absolute atomic E-state index is 0.313. The van der Waals surface area contributed by atoms with Gasteiger partial charge in [0.2, 0.25) is 15.9 Å². The van der Waals surface area contributed by atoms with Gasteiger partial charge in [-0.25, -0.2) is 8.42 Å². The molecule has 9 heteroatoms. The first-order valence-corrected chi connectivity index (χ1v) is 8.04. The summed E-state index contributed by atoms with van der Waals surface area (Å²) in [6.07, 6.45) is 1.02. The number of nitrogens with one attached hydrogen (secondary N) is 1. The molecule has 0 heterocycles. The molecule has 1 N–H and O–H groups in total. The molecule has 0 atom stereocenters. The normalized spacial score (nSPS) is 11.3. The number of amides is 1. The predicted octanol–water partition coefficient (Wildman–Crippen LogP) is 1.19. The summed E-state index contributed by atoms with van der Waals surface area (Å²) in [6, 6.07) is 3.00. The number of hydrogen-bond donors (Lipinski definition) is 1. The number of halogens is 1. The molecule has 0 aromatic heterocycles. The Balaban J connectivity index is 2.94. The van der Waals surface area contributed by atoms with Crippen molar-refractivity contribution in [1.29, 1.82) is 0 Å². The molecule has 1 aromatic rings. The third kappa shape index (κ3) is 4.76. The van der Waals surface area contributed by atoms with E-state index in [9.17, 15) is 13.2 Å². The number of carbonyl (C=O) groups is 1. The number of hydrogen-bond acceptors (Lipinski definition) is 5. The SMILES string of the molecule is COc1cc(NC(=O)CN(C)S(C)(=O)=O)c(OC)cc1Cl. The van der Waals surface area contributed by atoms with Crippen LogP contribution in [0.1, 0.15) is 0 Å². The lowest BCUT2D eigenvalue weighted by Crippen LogP contribution is -2.34.